The molecular weight excluding hydrogens is 238 g/mol. The monoisotopic (exact) mass is 251 g/mol. The zero-order valence-corrected chi connectivity index (χ0v) is 10.5. The minimum Gasteiger partial charge on any atom is -0.497 e. The lowest BCUT2D eigenvalue weighted by atomic mass is 10.1. The van der Waals surface area contributed by atoms with Crippen molar-refractivity contribution in [2.75, 3.05) is 7.11 Å². The predicted molar refractivity (Wildman–Crippen MR) is 73.3 cm³/mol. The molecule has 19 heavy (non-hydrogen) atoms. The van der Waals surface area contributed by atoms with Gasteiger partial charge in [-0.3, -0.25) is 0 Å². The van der Waals surface area contributed by atoms with Crippen molar-refractivity contribution in [3.63, 3.8) is 0 Å². The van der Waals surface area contributed by atoms with Gasteiger partial charge in [-0.1, -0.05) is 23.4 Å². The van der Waals surface area contributed by atoms with Crippen LogP contribution in [0.3, 0.4) is 0 Å². The highest BCUT2D eigenvalue weighted by Gasteiger charge is 2.05. The van der Waals surface area contributed by atoms with Gasteiger partial charge in [-0.05, 0) is 36.4 Å². The van der Waals surface area contributed by atoms with Crippen molar-refractivity contribution in [2.45, 2.75) is 0 Å². The predicted octanol–water partition coefficient (Wildman–Crippen LogP) is 2.94. The van der Waals surface area contributed by atoms with Gasteiger partial charge >= 0.3 is 0 Å². The van der Waals surface area contributed by atoms with E-state index in [4.69, 9.17) is 4.74 Å². The third-order valence-electron chi connectivity index (χ3n) is 2.90. The molecule has 0 aliphatic rings. The first-order valence-electron chi connectivity index (χ1n) is 5.99. The summed E-state index contributed by atoms with van der Waals surface area (Å²) in [5, 5.41) is 8.33. The van der Waals surface area contributed by atoms with Crippen molar-refractivity contribution in [3.05, 3.63) is 60.8 Å². The van der Waals surface area contributed by atoms with Gasteiger partial charge in [0.05, 0.1) is 19.0 Å². The highest BCUT2D eigenvalue weighted by Crippen LogP contribution is 2.20. The summed E-state index contributed by atoms with van der Waals surface area (Å²) in [5.41, 5.74) is 2.85. The topological polar surface area (TPSA) is 39.9 Å². The Bertz CT molecular complexity index is 659. The van der Waals surface area contributed by atoms with Crippen molar-refractivity contribution in [3.8, 4) is 22.7 Å². The van der Waals surface area contributed by atoms with E-state index in [0.29, 0.717) is 0 Å². The second-order valence-corrected chi connectivity index (χ2v) is 4.11. The summed E-state index contributed by atoms with van der Waals surface area (Å²) in [5.74, 6) is 0.833. The Morgan fingerprint density at radius 1 is 0.947 bits per heavy atom. The first kappa shape index (κ1) is 11.5. The number of methoxy groups -OCH3 is 1. The molecule has 0 aliphatic heterocycles. The summed E-state index contributed by atoms with van der Waals surface area (Å²) in [6.07, 6.45) is 1.91. The molecule has 4 nitrogen and oxygen atoms in total. The van der Waals surface area contributed by atoms with Crippen LogP contribution in [0, 0.1) is 0 Å². The quantitative estimate of drug-likeness (QED) is 0.718. The maximum absolute atomic E-state index is 5.14. The maximum Gasteiger partial charge on any atom is 0.118 e. The highest BCUT2D eigenvalue weighted by atomic mass is 16.5. The minimum absolute atomic E-state index is 0.833. The molecule has 0 fully saturated rings. The third-order valence-corrected chi connectivity index (χ3v) is 2.90. The first-order chi connectivity index (χ1) is 9.36. The Morgan fingerprint density at radius 2 is 1.68 bits per heavy atom. The van der Waals surface area contributed by atoms with E-state index >= 15 is 0 Å². The molecule has 3 rings (SSSR count). The smallest absolute Gasteiger partial charge is 0.118 e. The molecule has 0 radical (unpaired) electrons. The van der Waals surface area contributed by atoms with Gasteiger partial charge in [0.15, 0.2) is 0 Å². The number of nitrogens with zero attached hydrogens (tertiary/aromatic N) is 3. The largest absolute Gasteiger partial charge is 0.497 e. The Morgan fingerprint density at radius 3 is 2.37 bits per heavy atom. The van der Waals surface area contributed by atoms with E-state index in [2.05, 4.69) is 10.3 Å². The molecule has 1 heterocycles. The van der Waals surface area contributed by atoms with Crippen LogP contribution in [0.1, 0.15) is 0 Å². The molecular formula is C15H13N3O. The third kappa shape index (κ3) is 2.33. The van der Waals surface area contributed by atoms with Crippen molar-refractivity contribution in [2.24, 2.45) is 0 Å². The number of aromatic nitrogens is 3. The van der Waals surface area contributed by atoms with Gasteiger partial charge < -0.3 is 4.74 Å². The van der Waals surface area contributed by atoms with Crippen molar-refractivity contribution in [1.82, 2.24) is 15.0 Å². The molecule has 0 amide bonds. The molecule has 0 saturated heterocycles. The van der Waals surface area contributed by atoms with E-state index in [9.17, 15) is 0 Å². The van der Waals surface area contributed by atoms with Crippen LogP contribution in [0.25, 0.3) is 16.9 Å². The van der Waals surface area contributed by atoms with E-state index in [-0.39, 0.29) is 0 Å². The Kier molecular flexibility index (Phi) is 2.98. The SMILES string of the molecule is COc1ccc(-c2cn(-c3ccccc3)nn2)cc1. The molecule has 0 N–H and O–H groups in total. The van der Waals surface area contributed by atoms with Crippen LogP contribution in [0.2, 0.25) is 0 Å². The van der Waals surface area contributed by atoms with Crippen LogP contribution in [0.4, 0.5) is 0 Å². The maximum atomic E-state index is 5.14. The lowest BCUT2D eigenvalue weighted by Crippen LogP contribution is -1.93. The molecule has 0 atom stereocenters. The normalized spacial score (nSPS) is 10.4. The van der Waals surface area contributed by atoms with E-state index in [1.165, 1.54) is 0 Å². The lowest BCUT2D eigenvalue weighted by molar-refractivity contribution is 0.415. The summed E-state index contributed by atoms with van der Waals surface area (Å²) in [6.45, 7) is 0. The van der Waals surface area contributed by atoms with E-state index in [1.54, 1.807) is 11.8 Å². The average Bonchev–Trinajstić information content (AvgIpc) is 2.98. The molecule has 1 aromatic heterocycles. The van der Waals surface area contributed by atoms with E-state index < -0.39 is 0 Å². The fourth-order valence-corrected chi connectivity index (χ4v) is 1.86. The average molecular weight is 251 g/mol. The zero-order chi connectivity index (χ0) is 13.1. The van der Waals surface area contributed by atoms with Crippen LogP contribution >= 0.6 is 0 Å². The zero-order valence-electron chi connectivity index (χ0n) is 10.5. The van der Waals surface area contributed by atoms with Gasteiger partial charge in [-0.25, -0.2) is 4.68 Å². The van der Waals surface area contributed by atoms with Gasteiger partial charge in [0.2, 0.25) is 0 Å². The van der Waals surface area contributed by atoms with Crippen LogP contribution in [0.5, 0.6) is 5.75 Å². The van der Waals surface area contributed by atoms with Gasteiger partial charge in [0, 0.05) is 5.56 Å². The summed E-state index contributed by atoms with van der Waals surface area (Å²) >= 11 is 0. The highest BCUT2D eigenvalue weighted by molar-refractivity contribution is 5.59. The lowest BCUT2D eigenvalue weighted by Gasteiger charge is -2.00. The molecule has 0 bridgehead atoms. The summed E-state index contributed by atoms with van der Waals surface area (Å²) in [6, 6.07) is 17.7. The number of hydrogen-bond donors (Lipinski definition) is 0. The number of hydrogen-bond acceptors (Lipinski definition) is 3. The van der Waals surface area contributed by atoms with Crippen molar-refractivity contribution < 1.29 is 4.74 Å². The minimum atomic E-state index is 0.833. The van der Waals surface area contributed by atoms with Crippen LogP contribution in [-0.4, -0.2) is 22.1 Å². The van der Waals surface area contributed by atoms with Crippen molar-refractivity contribution >= 4 is 0 Å². The van der Waals surface area contributed by atoms with Gasteiger partial charge in [0.1, 0.15) is 11.4 Å². The van der Waals surface area contributed by atoms with Crippen LogP contribution in [-0.2, 0) is 0 Å². The first-order valence-corrected chi connectivity index (χ1v) is 5.99. The van der Waals surface area contributed by atoms with Crippen LogP contribution < -0.4 is 4.74 Å². The fraction of sp³-hybridized carbons (Fsp3) is 0.0667. The van der Waals surface area contributed by atoms with Gasteiger partial charge in [-0.15, -0.1) is 5.10 Å². The molecule has 0 saturated carbocycles. The second-order valence-electron chi connectivity index (χ2n) is 4.11. The molecule has 3 aromatic rings. The summed E-state index contributed by atoms with van der Waals surface area (Å²) < 4.78 is 6.90. The second kappa shape index (κ2) is 4.94. The Balaban J connectivity index is 1.92. The number of para-hydroxylation sites is 1. The van der Waals surface area contributed by atoms with E-state index in [1.807, 2.05) is 60.8 Å². The van der Waals surface area contributed by atoms with Crippen molar-refractivity contribution in [1.29, 1.82) is 0 Å². The number of rotatable bonds is 3. The van der Waals surface area contributed by atoms with Gasteiger partial charge in [-0.2, -0.15) is 0 Å². The molecule has 2 aromatic carbocycles. The molecule has 0 spiro atoms. The molecule has 4 heteroatoms. The number of benzene rings is 2. The fourth-order valence-electron chi connectivity index (χ4n) is 1.86. The Labute approximate surface area is 111 Å². The molecule has 0 unspecified atom stereocenters. The van der Waals surface area contributed by atoms with Crippen LogP contribution in [0.15, 0.2) is 60.8 Å². The molecule has 94 valence electrons. The standard InChI is InChI=1S/C15H13N3O/c1-19-14-9-7-12(8-10-14)15-11-18(17-16-15)13-5-3-2-4-6-13/h2-11H,1H3. The number of ether oxygens (including phenoxy) is 1. The summed E-state index contributed by atoms with van der Waals surface area (Å²) in [4.78, 5) is 0. The van der Waals surface area contributed by atoms with Gasteiger partial charge in [0.25, 0.3) is 0 Å². The van der Waals surface area contributed by atoms with E-state index in [0.717, 1.165) is 22.7 Å². The Hall–Kier alpha value is -2.62. The molecule has 0 aliphatic carbocycles. The summed E-state index contributed by atoms with van der Waals surface area (Å²) in [7, 11) is 1.65.